The van der Waals surface area contributed by atoms with Gasteiger partial charge in [0.15, 0.2) is 5.38 Å². The molecule has 0 aliphatic rings. The summed E-state index contributed by atoms with van der Waals surface area (Å²) in [5.41, 5.74) is 0. The van der Waals surface area contributed by atoms with E-state index >= 15 is 0 Å². The predicted octanol–water partition coefficient (Wildman–Crippen LogP) is 0.278. The third-order valence-corrected chi connectivity index (χ3v) is 1.51. The minimum Gasteiger partial charge on any atom is -0.468 e. The SMILES string of the molecule is COC(=O)[C@@H](F)[C@H](Cl)C(=O)OC. The highest BCUT2D eigenvalue weighted by Crippen LogP contribution is 2.10. The molecular formula is C6H8ClFO4. The Kier molecular flexibility index (Phi) is 4.58. The normalized spacial score (nSPS) is 14.7. The van der Waals surface area contributed by atoms with Gasteiger partial charge in [-0.15, -0.1) is 11.6 Å². The molecule has 6 heteroatoms. The quantitative estimate of drug-likeness (QED) is 0.483. The number of hydrogen-bond acceptors (Lipinski definition) is 4. The van der Waals surface area contributed by atoms with Gasteiger partial charge in [0.1, 0.15) is 0 Å². The molecule has 0 saturated carbocycles. The van der Waals surface area contributed by atoms with Crippen molar-refractivity contribution < 1.29 is 23.5 Å². The first-order chi connectivity index (χ1) is 5.54. The largest absolute Gasteiger partial charge is 0.468 e. The zero-order valence-corrected chi connectivity index (χ0v) is 7.30. The van der Waals surface area contributed by atoms with E-state index < -0.39 is 23.5 Å². The molecule has 0 spiro atoms. The van der Waals surface area contributed by atoms with Crippen LogP contribution in [0, 0.1) is 0 Å². The number of hydrogen-bond donors (Lipinski definition) is 0. The molecule has 0 aliphatic carbocycles. The number of carbonyl (C=O) groups excluding carboxylic acids is 2. The van der Waals surface area contributed by atoms with Gasteiger partial charge in [0.05, 0.1) is 14.2 Å². The van der Waals surface area contributed by atoms with Gasteiger partial charge in [0.25, 0.3) is 0 Å². The maximum atomic E-state index is 12.7. The Hall–Kier alpha value is -0.840. The maximum absolute atomic E-state index is 12.7. The number of alkyl halides is 2. The highest BCUT2D eigenvalue weighted by molar-refractivity contribution is 6.31. The minimum absolute atomic E-state index is 0.996. The van der Waals surface area contributed by atoms with E-state index in [1.807, 2.05) is 0 Å². The first-order valence-corrected chi connectivity index (χ1v) is 3.42. The minimum atomic E-state index is -2.19. The van der Waals surface area contributed by atoms with Gasteiger partial charge >= 0.3 is 11.9 Å². The van der Waals surface area contributed by atoms with Crippen molar-refractivity contribution in [2.75, 3.05) is 14.2 Å². The molecule has 4 nitrogen and oxygen atoms in total. The molecule has 0 N–H and O–H groups in total. The Morgan fingerprint density at radius 1 is 1.25 bits per heavy atom. The third-order valence-electron chi connectivity index (χ3n) is 1.11. The van der Waals surface area contributed by atoms with Crippen LogP contribution in [-0.2, 0) is 19.1 Å². The Morgan fingerprint density at radius 2 is 1.67 bits per heavy atom. The molecule has 70 valence electrons. The molecule has 0 aromatic rings. The standard InChI is InChI=1S/C6H8ClFO4/c1-11-5(9)3(7)4(8)6(10)12-2/h3-4H,1-2H3/t3-,4-/m0/s1. The highest BCUT2D eigenvalue weighted by atomic mass is 35.5. The lowest BCUT2D eigenvalue weighted by molar-refractivity contribution is -0.152. The molecule has 0 radical (unpaired) electrons. The predicted molar refractivity (Wildman–Crippen MR) is 38.6 cm³/mol. The van der Waals surface area contributed by atoms with Gasteiger partial charge in [0.2, 0.25) is 6.17 Å². The third kappa shape index (κ3) is 2.65. The number of carbonyl (C=O) groups is 2. The van der Waals surface area contributed by atoms with Crippen molar-refractivity contribution in [1.29, 1.82) is 0 Å². The molecule has 0 amide bonds. The van der Waals surface area contributed by atoms with Crippen LogP contribution in [0.2, 0.25) is 0 Å². The van der Waals surface area contributed by atoms with Crippen molar-refractivity contribution in [3.8, 4) is 0 Å². The number of halogens is 2. The van der Waals surface area contributed by atoms with E-state index in [4.69, 9.17) is 11.6 Å². The van der Waals surface area contributed by atoms with Crippen LogP contribution in [0.3, 0.4) is 0 Å². The summed E-state index contributed by atoms with van der Waals surface area (Å²) in [4.78, 5) is 21.1. The summed E-state index contributed by atoms with van der Waals surface area (Å²) in [6, 6.07) is 0. The van der Waals surface area contributed by atoms with Gasteiger partial charge in [-0.3, -0.25) is 4.79 Å². The summed E-state index contributed by atoms with van der Waals surface area (Å²) >= 11 is 5.21. The fourth-order valence-electron chi connectivity index (χ4n) is 0.464. The van der Waals surface area contributed by atoms with Gasteiger partial charge in [-0.05, 0) is 0 Å². The van der Waals surface area contributed by atoms with E-state index in [0.717, 1.165) is 14.2 Å². The maximum Gasteiger partial charge on any atom is 0.342 e. The average molecular weight is 199 g/mol. The number of esters is 2. The van der Waals surface area contributed by atoms with Gasteiger partial charge in [-0.25, -0.2) is 9.18 Å². The molecule has 0 saturated heterocycles. The molecule has 2 atom stereocenters. The lowest BCUT2D eigenvalue weighted by Gasteiger charge is -2.09. The van der Waals surface area contributed by atoms with Crippen LogP contribution in [0.4, 0.5) is 4.39 Å². The molecule has 0 aliphatic heterocycles. The van der Waals surface area contributed by atoms with Gasteiger partial charge in [-0.1, -0.05) is 0 Å². The van der Waals surface area contributed by atoms with Crippen LogP contribution in [0.5, 0.6) is 0 Å². The van der Waals surface area contributed by atoms with Crippen molar-refractivity contribution in [3.05, 3.63) is 0 Å². The number of methoxy groups -OCH3 is 2. The summed E-state index contributed by atoms with van der Waals surface area (Å²) < 4.78 is 20.9. The molecule has 12 heavy (non-hydrogen) atoms. The summed E-state index contributed by atoms with van der Waals surface area (Å²) in [5.74, 6) is -2.20. The monoisotopic (exact) mass is 198 g/mol. The van der Waals surface area contributed by atoms with Crippen molar-refractivity contribution in [2.24, 2.45) is 0 Å². The van der Waals surface area contributed by atoms with Crippen LogP contribution < -0.4 is 0 Å². The zero-order valence-electron chi connectivity index (χ0n) is 6.54. The van der Waals surface area contributed by atoms with E-state index in [-0.39, 0.29) is 0 Å². The molecule has 0 heterocycles. The second-order valence-corrected chi connectivity index (χ2v) is 2.32. The topological polar surface area (TPSA) is 52.6 Å². The van der Waals surface area contributed by atoms with E-state index in [9.17, 15) is 14.0 Å². The number of ether oxygens (including phenoxy) is 2. The smallest absolute Gasteiger partial charge is 0.342 e. The van der Waals surface area contributed by atoms with Gasteiger partial charge in [-0.2, -0.15) is 0 Å². The lowest BCUT2D eigenvalue weighted by Crippen LogP contribution is -2.34. The Bertz CT molecular complexity index is 164. The summed E-state index contributed by atoms with van der Waals surface area (Å²) in [6.45, 7) is 0. The lowest BCUT2D eigenvalue weighted by atomic mass is 10.3. The summed E-state index contributed by atoms with van der Waals surface area (Å²) in [7, 11) is 2.04. The summed E-state index contributed by atoms with van der Waals surface area (Å²) in [6.07, 6.45) is -2.19. The summed E-state index contributed by atoms with van der Waals surface area (Å²) in [5, 5.41) is -1.65. The molecule has 0 bridgehead atoms. The van der Waals surface area contributed by atoms with Crippen molar-refractivity contribution in [1.82, 2.24) is 0 Å². The number of rotatable bonds is 3. The Morgan fingerprint density at radius 3 is 2.00 bits per heavy atom. The van der Waals surface area contributed by atoms with Gasteiger partial charge < -0.3 is 9.47 Å². The Balaban J connectivity index is 4.18. The fourth-order valence-corrected chi connectivity index (χ4v) is 0.656. The molecule has 0 fully saturated rings. The second kappa shape index (κ2) is 4.92. The average Bonchev–Trinajstić information content (AvgIpc) is 2.12. The first-order valence-electron chi connectivity index (χ1n) is 2.98. The fraction of sp³-hybridized carbons (Fsp3) is 0.667. The van der Waals surface area contributed by atoms with Crippen LogP contribution >= 0.6 is 11.6 Å². The van der Waals surface area contributed by atoms with Crippen LogP contribution in [0.15, 0.2) is 0 Å². The molecule has 0 unspecified atom stereocenters. The molecular weight excluding hydrogens is 191 g/mol. The van der Waals surface area contributed by atoms with Gasteiger partial charge in [0, 0.05) is 0 Å². The first kappa shape index (κ1) is 11.2. The van der Waals surface area contributed by atoms with Crippen LogP contribution in [0.1, 0.15) is 0 Å². The van der Waals surface area contributed by atoms with Crippen molar-refractivity contribution in [2.45, 2.75) is 11.5 Å². The zero-order chi connectivity index (χ0) is 9.72. The molecule has 0 rings (SSSR count). The van der Waals surface area contributed by atoms with E-state index in [1.54, 1.807) is 0 Å². The van der Waals surface area contributed by atoms with Crippen LogP contribution in [-0.4, -0.2) is 37.7 Å². The highest BCUT2D eigenvalue weighted by Gasteiger charge is 2.33. The van der Waals surface area contributed by atoms with Crippen molar-refractivity contribution in [3.63, 3.8) is 0 Å². The second-order valence-electron chi connectivity index (χ2n) is 1.85. The molecule has 0 aromatic carbocycles. The van der Waals surface area contributed by atoms with Crippen LogP contribution in [0.25, 0.3) is 0 Å². The van der Waals surface area contributed by atoms with E-state index in [0.29, 0.717) is 0 Å². The molecule has 0 aromatic heterocycles. The Labute approximate surface area is 73.6 Å². The van der Waals surface area contributed by atoms with E-state index in [1.165, 1.54) is 0 Å². The van der Waals surface area contributed by atoms with Crippen molar-refractivity contribution >= 4 is 23.5 Å². The van der Waals surface area contributed by atoms with E-state index in [2.05, 4.69) is 9.47 Å².